The summed E-state index contributed by atoms with van der Waals surface area (Å²) in [5, 5.41) is 4.18. The fourth-order valence-corrected chi connectivity index (χ4v) is 4.30. The number of H-pyrrole nitrogens is 1. The van der Waals surface area contributed by atoms with Gasteiger partial charge in [-0.3, -0.25) is 19.9 Å². The lowest BCUT2D eigenvalue weighted by atomic mass is 10.1. The summed E-state index contributed by atoms with van der Waals surface area (Å²) >= 11 is 1.60. The minimum Gasteiger partial charge on any atom is -0.385 e. The highest BCUT2D eigenvalue weighted by molar-refractivity contribution is 8.14. The first-order chi connectivity index (χ1) is 13.8. The number of aliphatic imine (C=N–C) groups is 2. The number of nitrogens with zero attached hydrogens (tertiary/aromatic N) is 3. The maximum absolute atomic E-state index is 13.2. The van der Waals surface area contributed by atoms with Crippen LogP contribution in [0, 0.1) is 0 Å². The maximum Gasteiger partial charge on any atom is 0.282 e. The number of aromatic amines is 1. The molecule has 0 spiro atoms. The fraction of sp³-hybridized carbons (Fsp3) is 0.286. The normalized spacial score (nSPS) is 20.7. The number of fused-ring (bicyclic) bond motifs is 1. The van der Waals surface area contributed by atoms with E-state index in [1.807, 2.05) is 42.5 Å². The number of ether oxygens (including phenoxy) is 1. The lowest BCUT2D eigenvalue weighted by Gasteiger charge is -2.10. The highest BCUT2D eigenvalue weighted by Crippen LogP contribution is 2.31. The molecule has 0 radical (unpaired) electrons. The Morgan fingerprint density at radius 3 is 2.89 bits per heavy atom. The Balaban J connectivity index is 1.69. The number of methoxy groups -OCH3 is 1. The van der Waals surface area contributed by atoms with Gasteiger partial charge in [0.25, 0.3) is 5.56 Å². The van der Waals surface area contributed by atoms with E-state index in [-0.39, 0.29) is 16.9 Å². The monoisotopic (exact) mass is 394 g/mol. The number of thioether (sulfide) groups is 1. The number of allylic oxidation sites excluding steroid dienone is 2. The van der Waals surface area contributed by atoms with Crippen molar-refractivity contribution in [3.05, 3.63) is 70.6 Å². The molecule has 7 heteroatoms. The zero-order chi connectivity index (χ0) is 19.3. The molecular formula is C21H22N4O2S. The molecule has 1 N–H and O–H groups in total. The van der Waals surface area contributed by atoms with Crippen LogP contribution in [0.15, 0.2) is 69.4 Å². The van der Waals surface area contributed by atoms with Crippen LogP contribution in [0.2, 0.25) is 0 Å². The molecule has 144 valence electrons. The number of rotatable bonds is 6. The third-order valence-electron chi connectivity index (χ3n) is 4.59. The molecule has 0 bridgehead atoms. The van der Waals surface area contributed by atoms with E-state index in [4.69, 9.17) is 9.73 Å². The first kappa shape index (κ1) is 18.7. The van der Waals surface area contributed by atoms with Crippen molar-refractivity contribution < 1.29 is 4.74 Å². The van der Waals surface area contributed by atoms with Gasteiger partial charge in [-0.05, 0) is 6.42 Å². The number of nitrogens with one attached hydrogen (secondary N) is 1. The zero-order valence-electron chi connectivity index (χ0n) is 15.6. The quantitative estimate of drug-likeness (QED) is 0.604. The maximum atomic E-state index is 13.2. The second kappa shape index (κ2) is 8.58. The fourth-order valence-electron chi connectivity index (χ4n) is 3.18. The van der Waals surface area contributed by atoms with Crippen LogP contribution in [-0.4, -0.2) is 52.7 Å². The largest absolute Gasteiger partial charge is 0.385 e. The van der Waals surface area contributed by atoms with Crippen molar-refractivity contribution in [3.8, 4) is 11.3 Å². The lowest BCUT2D eigenvalue weighted by Crippen LogP contribution is -2.24. The van der Waals surface area contributed by atoms with Crippen molar-refractivity contribution in [2.45, 2.75) is 17.7 Å². The molecule has 2 heterocycles. The Labute approximate surface area is 167 Å². The van der Waals surface area contributed by atoms with Gasteiger partial charge in [-0.2, -0.15) is 4.68 Å². The Morgan fingerprint density at radius 1 is 1.29 bits per heavy atom. The van der Waals surface area contributed by atoms with Crippen LogP contribution in [0.1, 0.15) is 12.0 Å². The first-order valence-corrected chi connectivity index (χ1v) is 10.1. The standard InChI is InChI=1S/C21H22N4O2S/c1-27-13-7-12-22-14-16-19(15-8-3-2-4-9-15)24-25(20(16)26)21-23-17-10-5-6-11-18(17)28-21/h2-6,8-11,14,17-18,24H,7,12-13H2,1H3. The summed E-state index contributed by atoms with van der Waals surface area (Å²) in [6.45, 7) is 1.26. The van der Waals surface area contributed by atoms with Crippen molar-refractivity contribution in [1.29, 1.82) is 0 Å². The van der Waals surface area contributed by atoms with Gasteiger partial charge in [-0.1, -0.05) is 66.4 Å². The van der Waals surface area contributed by atoms with Gasteiger partial charge in [-0.15, -0.1) is 0 Å². The Kier molecular flexibility index (Phi) is 5.73. The Bertz CT molecular complexity index is 1000. The third-order valence-corrected chi connectivity index (χ3v) is 5.80. The van der Waals surface area contributed by atoms with Gasteiger partial charge in [0.2, 0.25) is 0 Å². The van der Waals surface area contributed by atoms with E-state index >= 15 is 0 Å². The van der Waals surface area contributed by atoms with Gasteiger partial charge < -0.3 is 4.74 Å². The molecular weight excluding hydrogens is 372 g/mol. The highest BCUT2D eigenvalue weighted by Gasteiger charge is 2.30. The van der Waals surface area contributed by atoms with E-state index in [0.29, 0.717) is 23.9 Å². The third kappa shape index (κ3) is 3.81. The molecule has 2 aromatic rings. The number of aromatic nitrogens is 2. The highest BCUT2D eigenvalue weighted by atomic mass is 32.2. The van der Waals surface area contributed by atoms with E-state index in [0.717, 1.165) is 17.7 Å². The second-order valence-electron chi connectivity index (χ2n) is 6.54. The summed E-state index contributed by atoms with van der Waals surface area (Å²) in [5.74, 6) is 0. The molecule has 2 atom stereocenters. The predicted molar refractivity (Wildman–Crippen MR) is 116 cm³/mol. The van der Waals surface area contributed by atoms with E-state index in [2.05, 4.69) is 22.2 Å². The molecule has 1 aliphatic heterocycles. The molecule has 1 aromatic heterocycles. The summed E-state index contributed by atoms with van der Waals surface area (Å²) in [6.07, 6.45) is 10.7. The number of hydrogen-bond acceptors (Lipinski definition) is 5. The summed E-state index contributed by atoms with van der Waals surface area (Å²) < 4.78 is 6.60. The van der Waals surface area contributed by atoms with Crippen LogP contribution < -0.4 is 5.56 Å². The molecule has 0 saturated carbocycles. The van der Waals surface area contributed by atoms with E-state index < -0.39 is 0 Å². The summed E-state index contributed by atoms with van der Waals surface area (Å²) in [6, 6.07) is 9.90. The number of benzene rings is 1. The van der Waals surface area contributed by atoms with Crippen LogP contribution in [0.3, 0.4) is 0 Å². The SMILES string of the molecule is COCCCN=Cc1c(-c2ccccc2)[nH]n(C2=NC3C=CC=CC3S2)c1=O. The molecule has 28 heavy (non-hydrogen) atoms. The molecule has 1 aliphatic carbocycles. The lowest BCUT2D eigenvalue weighted by molar-refractivity contribution is 0.197. The van der Waals surface area contributed by atoms with Crippen molar-refractivity contribution >= 4 is 23.1 Å². The van der Waals surface area contributed by atoms with Gasteiger partial charge in [0, 0.05) is 32.0 Å². The minimum absolute atomic E-state index is 0.0755. The van der Waals surface area contributed by atoms with E-state index in [9.17, 15) is 4.79 Å². The zero-order valence-corrected chi connectivity index (χ0v) is 16.4. The average molecular weight is 395 g/mol. The van der Waals surface area contributed by atoms with E-state index in [1.54, 1.807) is 29.8 Å². The van der Waals surface area contributed by atoms with Gasteiger partial charge in [0.05, 0.1) is 22.5 Å². The summed E-state index contributed by atoms with van der Waals surface area (Å²) in [4.78, 5) is 22.3. The molecule has 4 rings (SSSR count). The molecule has 2 aliphatic rings. The van der Waals surface area contributed by atoms with Gasteiger partial charge in [-0.25, -0.2) is 0 Å². The topological polar surface area (TPSA) is 71.7 Å². The van der Waals surface area contributed by atoms with Crippen molar-refractivity contribution in [2.24, 2.45) is 9.98 Å². The van der Waals surface area contributed by atoms with Gasteiger partial charge in [0.15, 0.2) is 5.17 Å². The molecule has 0 fully saturated rings. The second-order valence-corrected chi connectivity index (χ2v) is 7.69. The van der Waals surface area contributed by atoms with Crippen LogP contribution in [-0.2, 0) is 4.74 Å². The van der Waals surface area contributed by atoms with Crippen molar-refractivity contribution in [3.63, 3.8) is 0 Å². The molecule has 1 aromatic carbocycles. The van der Waals surface area contributed by atoms with Crippen molar-refractivity contribution in [1.82, 2.24) is 9.78 Å². The van der Waals surface area contributed by atoms with E-state index in [1.165, 1.54) is 0 Å². The Morgan fingerprint density at radius 2 is 2.11 bits per heavy atom. The first-order valence-electron chi connectivity index (χ1n) is 9.27. The van der Waals surface area contributed by atoms with Crippen molar-refractivity contribution in [2.75, 3.05) is 20.3 Å². The smallest absolute Gasteiger partial charge is 0.282 e. The summed E-state index contributed by atoms with van der Waals surface area (Å²) in [5.41, 5.74) is 2.11. The summed E-state index contributed by atoms with van der Waals surface area (Å²) in [7, 11) is 1.67. The molecule has 2 unspecified atom stereocenters. The van der Waals surface area contributed by atoms with Gasteiger partial charge in [0.1, 0.15) is 0 Å². The van der Waals surface area contributed by atoms with Crippen LogP contribution in [0.4, 0.5) is 0 Å². The van der Waals surface area contributed by atoms with Crippen LogP contribution in [0.5, 0.6) is 0 Å². The predicted octanol–water partition coefficient (Wildman–Crippen LogP) is 3.11. The number of hydrogen-bond donors (Lipinski definition) is 1. The molecule has 6 nitrogen and oxygen atoms in total. The van der Waals surface area contributed by atoms with Crippen LogP contribution in [0.25, 0.3) is 11.3 Å². The average Bonchev–Trinajstić information content (AvgIpc) is 3.30. The van der Waals surface area contributed by atoms with Gasteiger partial charge >= 0.3 is 0 Å². The Hall–Kier alpha value is -2.64. The molecule has 0 amide bonds. The minimum atomic E-state index is -0.132. The van der Waals surface area contributed by atoms with Crippen LogP contribution >= 0.6 is 11.8 Å². The molecule has 0 saturated heterocycles.